The molecule has 0 aliphatic carbocycles. The molecule has 0 radical (unpaired) electrons. The lowest BCUT2D eigenvalue weighted by atomic mass is 10.2. The molecule has 0 bridgehead atoms. The summed E-state index contributed by atoms with van der Waals surface area (Å²) in [5.74, 6) is -0.353. The van der Waals surface area contributed by atoms with Gasteiger partial charge in [-0.3, -0.25) is 4.68 Å². The van der Waals surface area contributed by atoms with Gasteiger partial charge in [0.1, 0.15) is 12.4 Å². The topological polar surface area (TPSA) is 64.4 Å². The Hall–Kier alpha value is -1.82. The summed E-state index contributed by atoms with van der Waals surface area (Å²) in [5, 5.41) is 13.3. The number of aromatic carboxylic acids is 1. The van der Waals surface area contributed by atoms with E-state index in [0.29, 0.717) is 16.8 Å². The second-order valence-corrected chi connectivity index (χ2v) is 5.19. The summed E-state index contributed by atoms with van der Waals surface area (Å²) < 4.78 is 8.22. The summed E-state index contributed by atoms with van der Waals surface area (Å²) in [6.45, 7) is 5.13. The fraction of sp³-hybridized carbons (Fsp3) is 0.286. The van der Waals surface area contributed by atoms with Gasteiger partial charge < -0.3 is 9.84 Å². The van der Waals surface area contributed by atoms with Crippen LogP contribution in [0.5, 0.6) is 5.75 Å². The predicted molar refractivity (Wildman–Crippen MR) is 78.1 cm³/mol. The first kappa shape index (κ1) is 14.6. The summed E-state index contributed by atoms with van der Waals surface area (Å²) in [7, 11) is 0. The van der Waals surface area contributed by atoms with Crippen LogP contribution in [0.15, 0.2) is 28.7 Å². The molecule has 106 valence electrons. The molecule has 0 unspecified atom stereocenters. The molecule has 0 amide bonds. The Bertz CT molecular complexity index is 637. The maximum absolute atomic E-state index is 10.9. The number of aromatic nitrogens is 2. The molecule has 1 aromatic heterocycles. The van der Waals surface area contributed by atoms with Gasteiger partial charge in [0.15, 0.2) is 0 Å². The van der Waals surface area contributed by atoms with Crippen molar-refractivity contribution in [3.05, 3.63) is 45.7 Å². The molecule has 0 fully saturated rings. The van der Waals surface area contributed by atoms with Gasteiger partial charge in [-0.05, 0) is 54.0 Å². The van der Waals surface area contributed by atoms with Gasteiger partial charge in [-0.25, -0.2) is 4.79 Å². The van der Waals surface area contributed by atoms with Gasteiger partial charge in [0.25, 0.3) is 0 Å². The van der Waals surface area contributed by atoms with E-state index in [1.165, 1.54) is 12.1 Å². The van der Waals surface area contributed by atoms with Crippen molar-refractivity contribution >= 4 is 21.9 Å². The van der Waals surface area contributed by atoms with Crippen molar-refractivity contribution in [1.82, 2.24) is 9.78 Å². The highest BCUT2D eigenvalue weighted by molar-refractivity contribution is 9.10. The Balaban J connectivity index is 2.12. The molecule has 0 saturated carbocycles. The average molecular weight is 339 g/mol. The van der Waals surface area contributed by atoms with E-state index in [2.05, 4.69) is 21.0 Å². The van der Waals surface area contributed by atoms with E-state index < -0.39 is 5.97 Å². The lowest BCUT2D eigenvalue weighted by molar-refractivity contribution is 0.0696. The zero-order chi connectivity index (χ0) is 14.7. The van der Waals surface area contributed by atoms with E-state index in [1.54, 1.807) is 6.07 Å². The van der Waals surface area contributed by atoms with Gasteiger partial charge in [-0.1, -0.05) is 0 Å². The second kappa shape index (κ2) is 6.09. The van der Waals surface area contributed by atoms with Crippen molar-refractivity contribution in [2.75, 3.05) is 0 Å². The highest BCUT2D eigenvalue weighted by Gasteiger charge is 2.09. The van der Waals surface area contributed by atoms with E-state index in [-0.39, 0.29) is 5.56 Å². The molecule has 1 heterocycles. The third kappa shape index (κ3) is 3.19. The van der Waals surface area contributed by atoms with Crippen LogP contribution in [0.3, 0.4) is 0 Å². The van der Waals surface area contributed by atoms with Crippen LogP contribution in [-0.4, -0.2) is 20.9 Å². The van der Waals surface area contributed by atoms with E-state index in [0.717, 1.165) is 17.9 Å². The summed E-state index contributed by atoms with van der Waals surface area (Å²) in [4.78, 5) is 10.9. The number of aryl methyl sites for hydroxylation is 2. The number of nitrogens with zero attached hydrogens (tertiary/aromatic N) is 2. The van der Waals surface area contributed by atoms with Crippen LogP contribution in [0.25, 0.3) is 0 Å². The fourth-order valence-electron chi connectivity index (χ4n) is 1.89. The number of halogens is 1. The van der Waals surface area contributed by atoms with Crippen LogP contribution in [0.2, 0.25) is 0 Å². The van der Waals surface area contributed by atoms with Crippen molar-refractivity contribution in [3.8, 4) is 5.75 Å². The first-order chi connectivity index (χ1) is 9.51. The number of carbonyl (C=O) groups is 1. The summed E-state index contributed by atoms with van der Waals surface area (Å²) in [5.41, 5.74) is 2.16. The number of rotatable bonds is 5. The minimum absolute atomic E-state index is 0.221. The van der Waals surface area contributed by atoms with E-state index in [1.807, 2.05) is 24.6 Å². The molecule has 0 aliphatic heterocycles. The highest BCUT2D eigenvalue weighted by Crippen LogP contribution is 2.27. The Morgan fingerprint density at radius 3 is 2.80 bits per heavy atom. The van der Waals surface area contributed by atoms with Gasteiger partial charge in [0.05, 0.1) is 21.4 Å². The van der Waals surface area contributed by atoms with Crippen molar-refractivity contribution < 1.29 is 14.6 Å². The fourth-order valence-corrected chi connectivity index (χ4v) is 2.38. The monoisotopic (exact) mass is 338 g/mol. The minimum Gasteiger partial charge on any atom is -0.486 e. The van der Waals surface area contributed by atoms with Crippen molar-refractivity contribution in [2.45, 2.75) is 27.0 Å². The maximum Gasteiger partial charge on any atom is 0.335 e. The van der Waals surface area contributed by atoms with E-state index in [9.17, 15) is 4.79 Å². The molecule has 2 aromatic rings. The Kier molecular flexibility index (Phi) is 4.44. The third-order valence-electron chi connectivity index (χ3n) is 2.84. The van der Waals surface area contributed by atoms with Crippen LogP contribution >= 0.6 is 15.9 Å². The van der Waals surface area contributed by atoms with Gasteiger partial charge in [0, 0.05) is 6.54 Å². The molecule has 0 aliphatic rings. The van der Waals surface area contributed by atoms with E-state index >= 15 is 0 Å². The minimum atomic E-state index is -0.961. The smallest absolute Gasteiger partial charge is 0.335 e. The number of carboxylic acid groups (broad SMARTS) is 1. The Morgan fingerprint density at radius 2 is 2.20 bits per heavy atom. The molecule has 5 nitrogen and oxygen atoms in total. The maximum atomic E-state index is 10.9. The molecule has 6 heteroatoms. The largest absolute Gasteiger partial charge is 0.486 e. The van der Waals surface area contributed by atoms with Gasteiger partial charge in [0.2, 0.25) is 0 Å². The van der Waals surface area contributed by atoms with Gasteiger partial charge in [-0.15, -0.1) is 0 Å². The van der Waals surface area contributed by atoms with Crippen LogP contribution in [0, 0.1) is 6.92 Å². The molecule has 1 aromatic carbocycles. The van der Waals surface area contributed by atoms with Crippen LogP contribution in [-0.2, 0) is 13.2 Å². The summed E-state index contributed by atoms with van der Waals surface area (Å²) in [6.07, 6.45) is 0. The van der Waals surface area contributed by atoms with Crippen molar-refractivity contribution in [1.29, 1.82) is 0 Å². The molecule has 0 saturated heterocycles. The SMILES string of the molecule is CCn1nc(C)cc1COc1ccc(C(=O)O)cc1Br. The molecular formula is C14H15BrN2O3. The zero-order valence-corrected chi connectivity index (χ0v) is 12.8. The molecular weight excluding hydrogens is 324 g/mol. The molecule has 0 spiro atoms. The standard InChI is InChI=1S/C14H15BrN2O3/c1-3-17-11(6-9(2)16-17)8-20-13-5-4-10(14(18)19)7-12(13)15/h4-7H,3,8H2,1-2H3,(H,18,19). The average Bonchev–Trinajstić information content (AvgIpc) is 2.77. The van der Waals surface area contributed by atoms with Crippen LogP contribution in [0.1, 0.15) is 28.7 Å². The highest BCUT2D eigenvalue weighted by atomic mass is 79.9. The van der Waals surface area contributed by atoms with Crippen molar-refractivity contribution in [2.24, 2.45) is 0 Å². The second-order valence-electron chi connectivity index (χ2n) is 4.33. The normalized spacial score (nSPS) is 10.6. The first-order valence-corrected chi connectivity index (χ1v) is 6.99. The van der Waals surface area contributed by atoms with Crippen molar-refractivity contribution in [3.63, 3.8) is 0 Å². The lowest BCUT2D eigenvalue weighted by Crippen LogP contribution is -2.06. The van der Waals surface area contributed by atoms with Crippen LogP contribution in [0.4, 0.5) is 0 Å². The first-order valence-electron chi connectivity index (χ1n) is 6.20. The van der Waals surface area contributed by atoms with Gasteiger partial charge in [-0.2, -0.15) is 5.10 Å². The van der Waals surface area contributed by atoms with Crippen LogP contribution < -0.4 is 4.74 Å². The van der Waals surface area contributed by atoms with E-state index in [4.69, 9.17) is 9.84 Å². The number of carboxylic acids is 1. The molecule has 20 heavy (non-hydrogen) atoms. The summed E-state index contributed by atoms with van der Waals surface area (Å²) >= 11 is 3.32. The zero-order valence-electron chi connectivity index (χ0n) is 11.3. The molecule has 0 atom stereocenters. The Morgan fingerprint density at radius 1 is 1.45 bits per heavy atom. The molecule has 1 N–H and O–H groups in total. The third-order valence-corrected chi connectivity index (χ3v) is 3.46. The summed E-state index contributed by atoms with van der Waals surface area (Å²) in [6, 6.07) is 6.67. The lowest BCUT2D eigenvalue weighted by Gasteiger charge is -2.09. The number of benzene rings is 1. The van der Waals surface area contributed by atoms with Gasteiger partial charge >= 0.3 is 5.97 Å². The quantitative estimate of drug-likeness (QED) is 0.908. The number of ether oxygens (including phenoxy) is 1. The number of hydrogen-bond acceptors (Lipinski definition) is 3. The number of hydrogen-bond donors (Lipinski definition) is 1. The predicted octanol–water partition coefficient (Wildman–Crippen LogP) is 3.25. The Labute approximate surface area is 125 Å². The molecule has 2 rings (SSSR count).